The molecule has 0 bridgehead atoms. The Labute approximate surface area is 73.7 Å². The summed E-state index contributed by atoms with van der Waals surface area (Å²) in [5.41, 5.74) is -0.415. The SMILES string of the molecule is [CH2]N(C(=O)OC(C)(C)C)C1CC1. The lowest BCUT2D eigenvalue weighted by Gasteiger charge is -2.24. The van der Waals surface area contributed by atoms with E-state index in [4.69, 9.17) is 4.74 Å². The van der Waals surface area contributed by atoms with Gasteiger partial charge in [-0.05, 0) is 33.6 Å². The standard InChI is InChI=1S/C9H16NO2/c1-9(2,3)12-8(11)10(4)7-5-6-7/h7H,4-6H2,1-3H3. The molecular formula is C9H16NO2. The molecule has 0 aromatic heterocycles. The molecule has 0 aromatic rings. The summed E-state index contributed by atoms with van der Waals surface area (Å²) in [7, 11) is 3.64. The van der Waals surface area contributed by atoms with E-state index in [0.29, 0.717) is 6.04 Å². The second kappa shape index (κ2) is 2.96. The van der Waals surface area contributed by atoms with E-state index in [1.807, 2.05) is 20.8 Å². The maximum atomic E-state index is 11.3. The van der Waals surface area contributed by atoms with E-state index in [1.54, 1.807) is 0 Å². The maximum absolute atomic E-state index is 11.3. The lowest BCUT2D eigenvalue weighted by molar-refractivity contribution is 0.0317. The van der Waals surface area contributed by atoms with E-state index in [1.165, 1.54) is 4.90 Å². The topological polar surface area (TPSA) is 29.5 Å². The van der Waals surface area contributed by atoms with Gasteiger partial charge >= 0.3 is 6.09 Å². The summed E-state index contributed by atoms with van der Waals surface area (Å²) >= 11 is 0. The van der Waals surface area contributed by atoms with Gasteiger partial charge in [-0.3, -0.25) is 0 Å². The third-order valence-corrected chi connectivity index (χ3v) is 1.62. The van der Waals surface area contributed by atoms with Gasteiger partial charge < -0.3 is 9.64 Å². The minimum atomic E-state index is -0.415. The second-order valence-corrected chi connectivity index (χ2v) is 4.18. The molecule has 1 amide bonds. The molecule has 0 heterocycles. The Kier molecular flexibility index (Phi) is 2.31. The second-order valence-electron chi connectivity index (χ2n) is 4.18. The number of carbonyl (C=O) groups excluding carboxylic acids is 1. The molecule has 12 heavy (non-hydrogen) atoms. The Morgan fingerprint density at radius 3 is 2.33 bits per heavy atom. The molecule has 0 saturated heterocycles. The van der Waals surface area contributed by atoms with Crippen molar-refractivity contribution in [2.24, 2.45) is 0 Å². The van der Waals surface area contributed by atoms with Crippen LogP contribution in [0.25, 0.3) is 0 Å². The van der Waals surface area contributed by atoms with Crippen LogP contribution in [0.3, 0.4) is 0 Å². The predicted molar refractivity (Wildman–Crippen MR) is 46.5 cm³/mol. The zero-order valence-corrected chi connectivity index (χ0v) is 7.96. The first-order valence-corrected chi connectivity index (χ1v) is 4.23. The van der Waals surface area contributed by atoms with Crippen LogP contribution in [0.15, 0.2) is 0 Å². The monoisotopic (exact) mass is 170 g/mol. The summed E-state index contributed by atoms with van der Waals surface area (Å²) in [5.74, 6) is 0. The molecule has 3 nitrogen and oxygen atoms in total. The maximum Gasteiger partial charge on any atom is 0.410 e. The lowest BCUT2D eigenvalue weighted by atomic mass is 10.2. The Bertz CT molecular complexity index is 179. The van der Waals surface area contributed by atoms with Crippen LogP contribution in [0, 0.1) is 7.05 Å². The number of amides is 1. The third-order valence-electron chi connectivity index (χ3n) is 1.62. The van der Waals surface area contributed by atoms with Crippen molar-refractivity contribution in [1.29, 1.82) is 0 Å². The van der Waals surface area contributed by atoms with Gasteiger partial charge in [-0.25, -0.2) is 4.79 Å². The average Bonchev–Trinajstić information content (AvgIpc) is 2.62. The van der Waals surface area contributed by atoms with E-state index >= 15 is 0 Å². The van der Waals surface area contributed by atoms with Gasteiger partial charge in [-0.1, -0.05) is 0 Å². The fraction of sp³-hybridized carbons (Fsp3) is 0.778. The normalized spacial score (nSPS) is 17.3. The van der Waals surface area contributed by atoms with Crippen LogP contribution in [0.5, 0.6) is 0 Å². The van der Waals surface area contributed by atoms with Gasteiger partial charge in [0.2, 0.25) is 0 Å². The highest BCUT2D eigenvalue weighted by molar-refractivity contribution is 5.69. The average molecular weight is 170 g/mol. The van der Waals surface area contributed by atoms with Crippen LogP contribution < -0.4 is 0 Å². The smallest absolute Gasteiger partial charge is 0.410 e. The number of hydrogen-bond acceptors (Lipinski definition) is 2. The molecule has 69 valence electrons. The van der Waals surface area contributed by atoms with Crippen molar-refractivity contribution in [3.05, 3.63) is 7.05 Å². The molecule has 0 unspecified atom stereocenters. The van der Waals surface area contributed by atoms with Crippen molar-refractivity contribution in [3.63, 3.8) is 0 Å². The van der Waals surface area contributed by atoms with Crippen molar-refractivity contribution in [2.45, 2.75) is 45.3 Å². The van der Waals surface area contributed by atoms with E-state index in [2.05, 4.69) is 7.05 Å². The molecule has 0 N–H and O–H groups in total. The van der Waals surface area contributed by atoms with Crippen LogP contribution >= 0.6 is 0 Å². The molecule has 0 spiro atoms. The number of rotatable bonds is 1. The zero-order valence-electron chi connectivity index (χ0n) is 7.96. The minimum Gasteiger partial charge on any atom is -0.444 e. The molecule has 1 rings (SSSR count). The van der Waals surface area contributed by atoms with Crippen LogP contribution in [0.4, 0.5) is 4.79 Å². The van der Waals surface area contributed by atoms with Crippen LogP contribution in [0.1, 0.15) is 33.6 Å². The first-order chi connectivity index (χ1) is 5.40. The van der Waals surface area contributed by atoms with Crippen molar-refractivity contribution in [1.82, 2.24) is 4.90 Å². The van der Waals surface area contributed by atoms with Crippen molar-refractivity contribution < 1.29 is 9.53 Å². The molecule has 0 aromatic carbocycles. The predicted octanol–water partition coefficient (Wildman–Crippen LogP) is 2.18. The Hall–Kier alpha value is -0.730. The van der Waals surface area contributed by atoms with Crippen molar-refractivity contribution in [3.8, 4) is 0 Å². The molecule has 1 saturated carbocycles. The molecule has 1 radical (unpaired) electrons. The van der Waals surface area contributed by atoms with Crippen LogP contribution in [-0.2, 0) is 4.74 Å². The lowest BCUT2D eigenvalue weighted by Crippen LogP contribution is -2.34. The first-order valence-electron chi connectivity index (χ1n) is 4.23. The molecule has 3 heteroatoms. The fourth-order valence-electron chi connectivity index (χ4n) is 0.856. The van der Waals surface area contributed by atoms with E-state index in [0.717, 1.165) is 12.8 Å². The van der Waals surface area contributed by atoms with Gasteiger partial charge in [-0.15, -0.1) is 0 Å². The largest absolute Gasteiger partial charge is 0.444 e. The highest BCUT2D eigenvalue weighted by Gasteiger charge is 2.32. The van der Waals surface area contributed by atoms with E-state index in [-0.39, 0.29) is 6.09 Å². The molecule has 0 aliphatic heterocycles. The van der Waals surface area contributed by atoms with Gasteiger partial charge in [0.1, 0.15) is 5.60 Å². The Morgan fingerprint density at radius 2 is 2.00 bits per heavy atom. The van der Waals surface area contributed by atoms with Gasteiger partial charge in [0, 0.05) is 13.1 Å². The van der Waals surface area contributed by atoms with Crippen molar-refractivity contribution >= 4 is 6.09 Å². The minimum absolute atomic E-state index is 0.315. The summed E-state index contributed by atoms with van der Waals surface area (Å²) < 4.78 is 5.13. The summed E-state index contributed by atoms with van der Waals surface area (Å²) in [6, 6.07) is 0.319. The molecule has 0 atom stereocenters. The quantitative estimate of drug-likeness (QED) is 0.603. The number of carbonyl (C=O) groups is 1. The van der Waals surface area contributed by atoms with Gasteiger partial charge in [0.15, 0.2) is 0 Å². The first kappa shape index (κ1) is 9.36. The summed E-state index contributed by atoms with van der Waals surface area (Å²) in [5, 5.41) is 0. The number of ether oxygens (including phenoxy) is 1. The van der Waals surface area contributed by atoms with E-state index in [9.17, 15) is 4.79 Å². The summed E-state index contributed by atoms with van der Waals surface area (Å²) in [6.07, 6.45) is 1.80. The van der Waals surface area contributed by atoms with E-state index < -0.39 is 5.60 Å². The third kappa shape index (κ3) is 2.72. The van der Waals surface area contributed by atoms with Gasteiger partial charge in [0.05, 0.1) is 0 Å². The zero-order chi connectivity index (χ0) is 9.35. The number of nitrogens with zero attached hydrogens (tertiary/aromatic N) is 1. The summed E-state index contributed by atoms with van der Waals surface area (Å²) in [6.45, 7) is 5.56. The summed E-state index contributed by atoms with van der Waals surface area (Å²) in [4.78, 5) is 12.7. The molecular weight excluding hydrogens is 154 g/mol. The molecule has 1 fully saturated rings. The van der Waals surface area contributed by atoms with Gasteiger partial charge in [0.25, 0.3) is 0 Å². The molecule has 1 aliphatic rings. The van der Waals surface area contributed by atoms with Gasteiger partial charge in [-0.2, -0.15) is 0 Å². The molecule has 1 aliphatic carbocycles. The Balaban J connectivity index is 2.36. The highest BCUT2D eigenvalue weighted by Crippen LogP contribution is 2.27. The van der Waals surface area contributed by atoms with Crippen LogP contribution in [0.2, 0.25) is 0 Å². The highest BCUT2D eigenvalue weighted by atomic mass is 16.6. The fourth-order valence-corrected chi connectivity index (χ4v) is 0.856. The Morgan fingerprint density at radius 1 is 1.50 bits per heavy atom. The number of hydrogen-bond donors (Lipinski definition) is 0. The van der Waals surface area contributed by atoms with Crippen molar-refractivity contribution in [2.75, 3.05) is 0 Å². The van der Waals surface area contributed by atoms with Crippen LogP contribution in [-0.4, -0.2) is 22.6 Å².